The van der Waals surface area contributed by atoms with Crippen LogP contribution in [0.25, 0.3) is 0 Å². The van der Waals surface area contributed by atoms with E-state index in [4.69, 9.17) is 0 Å². The van der Waals surface area contributed by atoms with Crippen molar-refractivity contribution in [2.45, 2.75) is 45.7 Å². The van der Waals surface area contributed by atoms with E-state index in [-0.39, 0.29) is 6.04 Å². The van der Waals surface area contributed by atoms with Crippen molar-refractivity contribution < 1.29 is 9.90 Å². The van der Waals surface area contributed by atoms with Crippen LogP contribution in [0.3, 0.4) is 0 Å². The fraction of sp³-hybridized carbons (Fsp3) is 0.929. The molecule has 1 heterocycles. The van der Waals surface area contributed by atoms with Crippen LogP contribution in [0.15, 0.2) is 0 Å². The molecule has 0 aromatic carbocycles. The number of piperazine rings is 1. The average molecular weight is 271 g/mol. The summed E-state index contributed by atoms with van der Waals surface area (Å²) in [6, 6.07) is 0.169. The van der Waals surface area contributed by atoms with Crippen LogP contribution in [-0.2, 0) is 4.79 Å². The van der Waals surface area contributed by atoms with Crippen LogP contribution < -0.4 is 5.32 Å². The van der Waals surface area contributed by atoms with Crippen LogP contribution in [0.1, 0.15) is 34.1 Å². The molecular formula is C14H29N3O2. The van der Waals surface area contributed by atoms with Crippen molar-refractivity contribution in [2.75, 3.05) is 39.3 Å². The second-order valence-corrected chi connectivity index (χ2v) is 6.05. The maximum absolute atomic E-state index is 11.5. The predicted molar refractivity (Wildman–Crippen MR) is 77.5 cm³/mol. The number of nitrogens with zero attached hydrogens (tertiary/aromatic N) is 2. The smallest absolute Gasteiger partial charge is 0.324 e. The summed E-state index contributed by atoms with van der Waals surface area (Å²) in [5, 5.41) is 12.6. The number of nitrogens with one attached hydrogen (secondary N) is 1. The average Bonchev–Trinajstić information content (AvgIpc) is 2.31. The van der Waals surface area contributed by atoms with E-state index in [9.17, 15) is 9.90 Å². The predicted octanol–water partition coefficient (Wildman–Crippen LogP) is 0.855. The van der Waals surface area contributed by atoms with E-state index in [0.717, 1.165) is 32.7 Å². The minimum Gasteiger partial charge on any atom is -0.480 e. The lowest BCUT2D eigenvalue weighted by Crippen LogP contribution is -2.61. The number of hydrogen-bond donors (Lipinski definition) is 2. The molecule has 1 unspecified atom stereocenters. The third-order valence-corrected chi connectivity index (χ3v) is 3.62. The fourth-order valence-corrected chi connectivity index (χ4v) is 2.75. The summed E-state index contributed by atoms with van der Waals surface area (Å²) >= 11 is 0. The lowest BCUT2D eigenvalue weighted by Gasteiger charge is -2.39. The van der Waals surface area contributed by atoms with Crippen LogP contribution >= 0.6 is 0 Å². The van der Waals surface area contributed by atoms with Crippen molar-refractivity contribution in [1.82, 2.24) is 15.1 Å². The molecule has 1 rings (SSSR count). The Morgan fingerprint density at radius 1 is 1.26 bits per heavy atom. The first-order valence-electron chi connectivity index (χ1n) is 7.33. The SMILES string of the molecule is CCCN1CCN(CC(C)(NC(C)C)C(=O)O)CC1. The molecule has 1 aliphatic rings. The number of carboxylic acids is 1. The zero-order chi connectivity index (χ0) is 14.5. The maximum atomic E-state index is 11.5. The molecule has 112 valence electrons. The molecule has 0 radical (unpaired) electrons. The highest BCUT2D eigenvalue weighted by Crippen LogP contribution is 2.11. The van der Waals surface area contributed by atoms with Crippen LogP contribution in [0.4, 0.5) is 0 Å². The molecule has 0 aromatic heterocycles. The fourth-order valence-electron chi connectivity index (χ4n) is 2.75. The van der Waals surface area contributed by atoms with Crippen molar-refractivity contribution in [3.8, 4) is 0 Å². The zero-order valence-corrected chi connectivity index (χ0v) is 12.8. The van der Waals surface area contributed by atoms with Gasteiger partial charge in [0.25, 0.3) is 0 Å². The van der Waals surface area contributed by atoms with Gasteiger partial charge in [0.1, 0.15) is 5.54 Å². The molecule has 1 atom stereocenters. The first kappa shape index (κ1) is 16.4. The van der Waals surface area contributed by atoms with Gasteiger partial charge in [0.15, 0.2) is 0 Å². The lowest BCUT2D eigenvalue weighted by atomic mass is 10.00. The van der Waals surface area contributed by atoms with Crippen LogP contribution in [-0.4, -0.2) is 71.7 Å². The summed E-state index contributed by atoms with van der Waals surface area (Å²) in [6.45, 7) is 13.7. The quantitative estimate of drug-likeness (QED) is 0.719. The molecule has 2 N–H and O–H groups in total. The Labute approximate surface area is 117 Å². The summed E-state index contributed by atoms with van der Waals surface area (Å²) in [4.78, 5) is 16.2. The number of carboxylic acid groups (broad SMARTS) is 1. The molecule has 5 nitrogen and oxygen atoms in total. The molecular weight excluding hydrogens is 242 g/mol. The highest BCUT2D eigenvalue weighted by atomic mass is 16.4. The Kier molecular flexibility index (Phi) is 6.23. The Hall–Kier alpha value is -0.650. The normalized spacial score (nSPS) is 21.5. The Balaban J connectivity index is 2.50. The number of hydrogen-bond acceptors (Lipinski definition) is 4. The van der Waals surface area contributed by atoms with Gasteiger partial charge < -0.3 is 10.0 Å². The summed E-state index contributed by atoms with van der Waals surface area (Å²) in [7, 11) is 0. The van der Waals surface area contributed by atoms with Gasteiger partial charge in [-0.1, -0.05) is 6.92 Å². The summed E-state index contributed by atoms with van der Waals surface area (Å²) < 4.78 is 0. The molecule has 0 bridgehead atoms. The molecule has 1 aliphatic heterocycles. The standard InChI is InChI=1S/C14H29N3O2/c1-5-6-16-7-9-17(10-8-16)11-14(4,13(18)19)15-12(2)3/h12,15H,5-11H2,1-4H3,(H,18,19). The van der Waals surface area contributed by atoms with Gasteiger partial charge in [-0.25, -0.2) is 0 Å². The van der Waals surface area contributed by atoms with E-state index in [1.165, 1.54) is 6.42 Å². The van der Waals surface area contributed by atoms with Crippen LogP contribution in [0, 0.1) is 0 Å². The number of aliphatic carboxylic acids is 1. The van der Waals surface area contributed by atoms with Crippen LogP contribution in [0.5, 0.6) is 0 Å². The summed E-state index contributed by atoms with van der Waals surface area (Å²) in [6.07, 6.45) is 1.18. The van der Waals surface area contributed by atoms with Gasteiger partial charge in [-0.3, -0.25) is 15.0 Å². The Morgan fingerprint density at radius 3 is 2.21 bits per heavy atom. The largest absolute Gasteiger partial charge is 0.480 e. The third kappa shape index (κ3) is 5.09. The van der Waals surface area contributed by atoms with Gasteiger partial charge in [-0.2, -0.15) is 0 Å². The van der Waals surface area contributed by atoms with E-state index in [0.29, 0.717) is 6.54 Å². The topological polar surface area (TPSA) is 55.8 Å². The zero-order valence-electron chi connectivity index (χ0n) is 12.8. The van der Waals surface area contributed by atoms with Crippen molar-refractivity contribution in [3.63, 3.8) is 0 Å². The van der Waals surface area contributed by atoms with Gasteiger partial charge in [-0.15, -0.1) is 0 Å². The van der Waals surface area contributed by atoms with Gasteiger partial charge >= 0.3 is 5.97 Å². The molecule has 0 aliphatic carbocycles. The van der Waals surface area contributed by atoms with Crippen molar-refractivity contribution in [3.05, 3.63) is 0 Å². The molecule has 0 saturated carbocycles. The van der Waals surface area contributed by atoms with Gasteiger partial charge in [-0.05, 0) is 33.7 Å². The van der Waals surface area contributed by atoms with Crippen LogP contribution in [0.2, 0.25) is 0 Å². The molecule has 0 aromatic rings. The minimum absolute atomic E-state index is 0.169. The Morgan fingerprint density at radius 2 is 1.79 bits per heavy atom. The Bertz CT molecular complexity index is 288. The van der Waals surface area contributed by atoms with E-state index < -0.39 is 11.5 Å². The molecule has 1 saturated heterocycles. The van der Waals surface area contributed by atoms with E-state index in [2.05, 4.69) is 22.0 Å². The molecule has 19 heavy (non-hydrogen) atoms. The second kappa shape index (κ2) is 7.22. The third-order valence-electron chi connectivity index (χ3n) is 3.62. The van der Waals surface area contributed by atoms with Crippen molar-refractivity contribution >= 4 is 5.97 Å². The van der Waals surface area contributed by atoms with Gasteiger partial charge in [0, 0.05) is 38.8 Å². The molecule has 1 fully saturated rings. The minimum atomic E-state index is -0.860. The first-order chi connectivity index (χ1) is 8.87. The summed E-state index contributed by atoms with van der Waals surface area (Å²) in [5.74, 6) is -0.766. The van der Waals surface area contributed by atoms with E-state index >= 15 is 0 Å². The molecule has 5 heteroatoms. The molecule has 0 amide bonds. The highest BCUT2D eigenvalue weighted by molar-refractivity contribution is 5.78. The second-order valence-electron chi connectivity index (χ2n) is 6.05. The van der Waals surface area contributed by atoms with E-state index in [1.807, 2.05) is 13.8 Å². The monoisotopic (exact) mass is 271 g/mol. The summed E-state index contributed by atoms with van der Waals surface area (Å²) in [5.41, 5.74) is -0.860. The lowest BCUT2D eigenvalue weighted by molar-refractivity contribution is -0.145. The highest BCUT2D eigenvalue weighted by Gasteiger charge is 2.36. The first-order valence-corrected chi connectivity index (χ1v) is 7.33. The maximum Gasteiger partial charge on any atom is 0.324 e. The van der Waals surface area contributed by atoms with Crippen molar-refractivity contribution in [1.29, 1.82) is 0 Å². The van der Waals surface area contributed by atoms with Crippen molar-refractivity contribution in [2.24, 2.45) is 0 Å². The number of carbonyl (C=O) groups is 1. The van der Waals surface area contributed by atoms with E-state index in [1.54, 1.807) is 6.92 Å². The van der Waals surface area contributed by atoms with Gasteiger partial charge in [0.2, 0.25) is 0 Å². The van der Waals surface area contributed by atoms with Gasteiger partial charge in [0.05, 0.1) is 0 Å². The number of rotatable bonds is 7. The molecule has 0 spiro atoms.